The highest BCUT2D eigenvalue weighted by molar-refractivity contribution is 7.09. The number of aliphatic imine (C=N–C) groups is 1. The number of thiazole rings is 1. The molecule has 1 fully saturated rings. The van der Waals surface area contributed by atoms with Gasteiger partial charge in [0, 0.05) is 55.8 Å². The SMILES string of the molecule is CCNC(=NCCCc1nc(C)cs1)NC1CCN(C(C)C)CC1. The van der Waals surface area contributed by atoms with Crippen molar-refractivity contribution in [2.45, 2.75) is 65.5 Å². The summed E-state index contributed by atoms with van der Waals surface area (Å²) >= 11 is 1.75. The first-order valence-electron chi connectivity index (χ1n) is 9.28. The quantitative estimate of drug-likeness (QED) is 0.451. The van der Waals surface area contributed by atoms with Gasteiger partial charge in [0.15, 0.2) is 5.96 Å². The normalized spacial score (nSPS) is 17.5. The van der Waals surface area contributed by atoms with Crippen LogP contribution in [-0.2, 0) is 6.42 Å². The number of aromatic nitrogens is 1. The summed E-state index contributed by atoms with van der Waals surface area (Å²) in [5, 5.41) is 10.3. The summed E-state index contributed by atoms with van der Waals surface area (Å²) in [6.45, 7) is 12.8. The van der Waals surface area contributed by atoms with Gasteiger partial charge in [-0.15, -0.1) is 11.3 Å². The van der Waals surface area contributed by atoms with Crippen LogP contribution >= 0.6 is 11.3 Å². The molecule has 6 heteroatoms. The number of rotatable bonds is 7. The number of nitrogens with one attached hydrogen (secondary N) is 2. The molecule has 0 radical (unpaired) electrons. The van der Waals surface area contributed by atoms with Gasteiger partial charge in [0.05, 0.1) is 5.01 Å². The molecule has 24 heavy (non-hydrogen) atoms. The Kier molecular flexibility index (Phi) is 7.99. The number of aryl methyl sites for hydroxylation is 2. The molecule has 0 unspecified atom stereocenters. The average molecular weight is 352 g/mol. The van der Waals surface area contributed by atoms with E-state index >= 15 is 0 Å². The summed E-state index contributed by atoms with van der Waals surface area (Å²) in [7, 11) is 0. The monoisotopic (exact) mass is 351 g/mol. The van der Waals surface area contributed by atoms with Crippen LogP contribution in [0, 0.1) is 6.92 Å². The van der Waals surface area contributed by atoms with Crippen molar-refractivity contribution in [1.82, 2.24) is 20.5 Å². The molecule has 0 aromatic carbocycles. The molecule has 5 nitrogen and oxygen atoms in total. The smallest absolute Gasteiger partial charge is 0.191 e. The van der Waals surface area contributed by atoms with Gasteiger partial charge in [0.1, 0.15) is 0 Å². The molecule has 0 bridgehead atoms. The predicted octanol–water partition coefficient (Wildman–Crippen LogP) is 2.81. The van der Waals surface area contributed by atoms with Gasteiger partial charge in [-0.2, -0.15) is 0 Å². The third-order valence-electron chi connectivity index (χ3n) is 4.43. The Morgan fingerprint density at radius 1 is 1.42 bits per heavy atom. The van der Waals surface area contributed by atoms with Crippen molar-refractivity contribution in [2.75, 3.05) is 26.2 Å². The van der Waals surface area contributed by atoms with Gasteiger partial charge >= 0.3 is 0 Å². The first kappa shape index (κ1) is 19.2. The molecule has 2 rings (SSSR count). The lowest BCUT2D eigenvalue weighted by molar-refractivity contribution is 0.167. The average Bonchev–Trinajstić information content (AvgIpc) is 2.97. The van der Waals surface area contributed by atoms with Crippen LogP contribution in [0.25, 0.3) is 0 Å². The van der Waals surface area contributed by atoms with Crippen molar-refractivity contribution >= 4 is 17.3 Å². The van der Waals surface area contributed by atoms with E-state index in [4.69, 9.17) is 4.99 Å². The molecule has 0 saturated carbocycles. The maximum Gasteiger partial charge on any atom is 0.191 e. The summed E-state index contributed by atoms with van der Waals surface area (Å²) in [6, 6.07) is 1.20. The van der Waals surface area contributed by atoms with Gasteiger partial charge in [-0.3, -0.25) is 4.99 Å². The number of nitrogens with zero attached hydrogens (tertiary/aromatic N) is 3. The Morgan fingerprint density at radius 2 is 2.17 bits per heavy atom. The highest BCUT2D eigenvalue weighted by Gasteiger charge is 2.21. The Balaban J connectivity index is 1.74. The van der Waals surface area contributed by atoms with Crippen LogP contribution in [0.5, 0.6) is 0 Å². The van der Waals surface area contributed by atoms with Crippen molar-refractivity contribution < 1.29 is 0 Å². The van der Waals surface area contributed by atoms with Crippen molar-refractivity contribution in [3.05, 3.63) is 16.1 Å². The standard InChI is InChI=1S/C18H33N5S/c1-5-19-18(20-10-6-7-17-21-15(4)13-24-17)22-16-8-11-23(12-9-16)14(2)3/h13-14,16H,5-12H2,1-4H3,(H2,19,20,22). The molecule has 0 atom stereocenters. The fourth-order valence-corrected chi connectivity index (χ4v) is 3.83. The number of hydrogen-bond donors (Lipinski definition) is 2. The molecule has 1 aromatic rings. The van der Waals surface area contributed by atoms with Crippen LogP contribution < -0.4 is 10.6 Å². The first-order valence-corrected chi connectivity index (χ1v) is 10.2. The van der Waals surface area contributed by atoms with E-state index in [0.717, 1.165) is 37.6 Å². The molecule has 1 aliphatic rings. The largest absolute Gasteiger partial charge is 0.357 e. The summed E-state index contributed by atoms with van der Waals surface area (Å²) in [5.41, 5.74) is 1.13. The lowest BCUT2D eigenvalue weighted by Gasteiger charge is -2.35. The molecule has 1 aliphatic heterocycles. The number of hydrogen-bond acceptors (Lipinski definition) is 4. The lowest BCUT2D eigenvalue weighted by Crippen LogP contribution is -2.49. The second-order valence-electron chi connectivity index (χ2n) is 6.80. The maximum absolute atomic E-state index is 4.74. The third-order valence-corrected chi connectivity index (χ3v) is 5.46. The summed E-state index contributed by atoms with van der Waals surface area (Å²) in [5.74, 6) is 0.968. The van der Waals surface area contributed by atoms with Crippen molar-refractivity contribution in [2.24, 2.45) is 4.99 Å². The van der Waals surface area contributed by atoms with Crippen molar-refractivity contribution in [1.29, 1.82) is 0 Å². The molecular weight excluding hydrogens is 318 g/mol. The highest BCUT2D eigenvalue weighted by Crippen LogP contribution is 2.13. The van der Waals surface area contributed by atoms with Gasteiger partial charge < -0.3 is 15.5 Å². The van der Waals surface area contributed by atoms with Gasteiger partial charge in [0.25, 0.3) is 0 Å². The van der Waals surface area contributed by atoms with Gasteiger partial charge in [-0.1, -0.05) is 0 Å². The van der Waals surface area contributed by atoms with Gasteiger partial charge in [0.2, 0.25) is 0 Å². The second kappa shape index (κ2) is 9.99. The van der Waals surface area contributed by atoms with E-state index in [-0.39, 0.29) is 0 Å². The van der Waals surface area contributed by atoms with Crippen LogP contribution in [0.1, 0.15) is 50.7 Å². The van der Waals surface area contributed by atoms with Crippen molar-refractivity contribution in [3.8, 4) is 0 Å². The molecule has 2 N–H and O–H groups in total. The van der Waals surface area contributed by atoms with E-state index in [2.05, 4.69) is 53.6 Å². The molecule has 0 spiro atoms. The number of piperidine rings is 1. The van der Waals surface area contributed by atoms with E-state index in [1.54, 1.807) is 11.3 Å². The molecule has 1 saturated heterocycles. The topological polar surface area (TPSA) is 52.6 Å². The molecular formula is C18H33N5S. The number of guanidine groups is 1. The molecule has 2 heterocycles. The van der Waals surface area contributed by atoms with E-state index in [9.17, 15) is 0 Å². The molecule has 0 aliphatic carbocycles. The van der Waals surface area contributed by atoms with Crippen LogP contribution in [-0.4, -0.2) is 54.1 Å². The lowest BCUT2D eigenvalue weighted by atomic mass is 10.0. The summed E-state index contributed by atoms with van der Waals surface area (Å²) in [6.07, 6.45) is 4.46. The highest BCUT2D eigenvalue weighted by atomic mass is 32.1. The second-order valence-corrected chi connectivity index (χ2v) is 7.74. The third kappa shape index (κ3) is 6.40. The van der Waals surface area contributed by atoms with E-state index < -0.39 is 0 Å². The Labute approximate surface area is 151 Å². The van der Waals surface area contributed by atoms with Crippen LogP contribution in [0.15, 0.2) is 10.4 Å². The van der Waals surface area contributed by atoms with Gasteiger partial charge in [-0.25, -0.2) is 4.98 Å². The van der Waals surface area contributed by atoms with E-state index in [1.807, 2.05) is 0 Å². The minimum absolute atomic E-state index is 0.541. The zero-order valence-electron chi connectivity index (χ0n) is 15.6. The Bertz CT molecular complexity index is 503. The first-order chi connectivity index (χ1) is 11.6. The number of likely N-dealkylation sites (tertiary alicyclic amines) is 1. The van der Waals surface area contributed by atoms with Crippen molar-refractivity contribution in [3.63, 3.8) is 0 Å². The van der Waals surface area contributed by atoms with Crippen LogP contribution in [0.2, 0.25) is 0 Å². The molecule has 1 aromatic heterocycles. The van der Waals surface area contributed by atoms with Crippen LogP contribution in [0.4, 0.5) is 0 Å². The van der Waals surface area contributed by atoms with E-state index in [0.29, 0.717) is 12.1 Å². The fourth-order valence-electron chi connectivity index (χ4n) is 3.01. The summed E-state index contributed by atoms with van der Waals surface area (Å²) in [4.78, 5) is 11.8. The summed E-state index contributed by atoms with van der Waals surface area (Å²) < 4.78 is 0. The Morgan fingerprint density at radius 3 is 2.75 bits per heavy atom. The zero-order chi connectivity index (χ0) is 17.4. The predicted molar refractivity (Wildman–Crippen MR) is 104 cm³/mol. The maximum atomic E-state index is 4.74. The van der Waals surface area contributed by atoms with Crippen LogP contribution in [0.3, 0.4) is 0 Å². The molecule has 0 amide bonds. The van der Waals surface area contributed by atoms with Gasteiger partial charge in [-0.05, 0) is 47.0 Å². The minimum Gasteiger partial charge on any atom is -0.357 e. The Hall–Kier alpha value is -1.14. The zero-order valence-corrected chi connectivity index (χ0v) is 16.5. The molecule has 136 valence electrons. The fraction of sp³-hybridized carbons (Fsp3) is 0.778. The minimum atomic E-state index is 0.541. The van der Waals surface area contributed by atoms with E-state index in [1.165, 1.54) is 30.9 Å².